The van der Waals surface area contributed by atoms with Crippen molar-refractivity contribution in [2.75, 3.05) is 13.2 Å². The number of phenols is 3. The van der Waals surface area contributed by atoms with Gasteiger partial charge in [0.25, 0.3) is 0 Å². The number of fused-ring (bicyclic) bond motifs is 1. The number of carbonyl (C=O) groups excluding carboxylic acids is 1. The Kier molecular flexibility index (Phi) is 11.0. The Morgan fingerprint density at radius 2 is 1.36 bits per heavy atom. The van der Waals surface area contributed by atoms with Crippen LogP contribution in [0.2, 0.25) is 0 Å². The molecule has 10 N–H and O–H groups in total. The molecule has 0 amide bonds. The van der Waals surface area contributed by atoms with Gasteiger partial charge in [-0.1, -0.05) is 12.1 Å². The van der Waals surface area contributed by atoms with Gasteiger partial charge in [-0.15, -0.1) is 0 Å². The molecular weight excluding hydrogens is 704 g/mol. The SMILES string of the molecule is O=C(/C=C/c1ccc(O)cc1)O[C@H]1[C@@H](O)[C@H](O)[C@H](CO)O[C@H]1c1c(O[C@@H]2O[C@H](CO)[C@@H](O)[C@H](O)[C@@H]2O)cc(O)c2c(=O)cc(-c3ccc(O)cc3)oc12. The molecule has 2 fully saturated rings. The van der Waals surface area contributed by atoms with Crippen LogP contribution in [0.25, 0.3) is 28.4 Å². The molecule has 1 aromatic heterocycles. The minimum atomic E-state index is -1.98. The van der Waals surface area contributed by atoms with Crippen LogP contribution in [0.1, 0.15) is 17.2 Å². The summed E-state index contributed by atoms with van der Waals surface area (Å²) in [7, 11) is 0. The highest BCUT2D eigenvalue weighted by Crippen LogP contribution is 2.46. The molecule has 0 bridgehead atoms. The first-order valence-electron chi connectivity index (χ1n) is 16.2. The Balaban J connectivity index is 1.53. The van der Waals surface area contributed by atoms with Crippen molar-refractivity contribution < 1.29 is 79.2 Å². The molecule has 3 heterocycles. The summed E-state index contributed by atoms with van der Waals surface area (Å²) < 4.78 is 29.2. The third-order valence-corrected chi connectivity index (χ3v) is 8.93. The van der Waals surface area contributed by atoms with E-state index < -0.39 is 108 Å². The van der Waals surface area contributed by atoms with Crippen LogP contribution in [0.3, 0.4) is 0 Å². The zero-order valence-corrected chi connectivity index (χ0v) is 27.4. The van der Waals surface area contributed by atoms with Gasteiger partial charge in [-0.25, -0.2) is 4.79 Å². The Bertz CT molecular complexity index is 2010. The van der Waals surface area contributed by atoms with E-state index in [1.807, 2.05) is 0 Å². The van der Waals surface area contributed by atoms with Crippen molar-refractivity contribution in [2.24, 2.45) is 0 Å². The average Bonchev–Trinajstić information content (AvgIpc) is 3.14. The number of esters is 1. The topological polar surface area (TPSA) is 286 Å². The van der Waals surface area contributed by atoms with Crippen molar-refractivity contribution in [3.63, 3.8) is 0 Å². The summed E-state index contributed by atoms with van der Waals surface area (Å²) in [6.07, 6.45) is -15.7. The predicted octanol–water partition coefficient (Wildman–Crippen LogP) is -0.465. The van der Waals surface area contributed by atoms with E-state index in [4.69, 9.17) is 23.4 Å². The van der Waals surface area contributed by atoms with E-state index in [9.17, 15) is 60.7 Å². The average molecular weight is 741 g/mol. The fourth-order valence-corrected chi connectivity index (χ4v) is 6.11. The van der Waals surface area contributed by atoms with Gasteiger partial charge in [0.1, 0.15) is 83.0 Å². The molecule has 0 spiro atoms. The van der Waals surface area contributed by atoms with E-state index in [1.54, 1.807) is 0 Å². The van der Waals surface area contributed by atoms with E-state index in [1.165, 1.54) is 54.6 Å². The van der Waals surface area contributed by atoms with E-state index >= 15 is 0 Å². The minimum absolute atomic E-state index is 0.0226. The molecule has 0 unspecified atom stereocenters. The largest absolute Gasteiger partial charge is 0.508 e. The summed E-state index contributed by atoms with van der Waals surface area (Å²) in [5.74, 6) is -2.57. The van der Waals surface area contributed by atoms with Crippen molar-refractivity contribution in [3.05, 3.63) is 88.1 Å². The smallest absolute Gasteiger partial charge is 0.331 e. The van der Waals surface area contributed by atoms with Crippen molar-refractivity contribution in [1.82, 2.24) is 0 Å². The number of aromatic hydroxyl groups is 3. The zero-order chi connectivity index (χ0) is 38.1. The second kappa shape index (κ2) is 15.5. The van der Waals surface area contributed by atoms with Gasteiger partial charge in [0.2, 0.25) is 6.29 Å². The van der Waals surface area contributed by atoms with Gasteiger partial charge in [0.05, 0.1) is 18.8 Å². The Labute approximate surface area is 299 Å². The molecule has 17 nitrogen and oxygen atoms in total. The lowest BCUT2D eigenvalue weighted by molar-refractivity contribution is -0.278. The summed E-state index contributed by atoms with van der Waals surface area (Å²) in [4.78, 5) is 26.8. The van der Waals surface area contributed by atoms with Crippen molar-refractivity contribution >= 4 is 23.0 Å². The Morgan fingerprint density at radius 3 is 2.00 bits per heavy atom. The number of ether oxygens (including phenoxy) is 4. The molecule has 0 radical (unpaired) electrons. The second-order valence-electron chi connectivity index (χ2n) is 12.4. The molecule has 6 rings (SSSR count). The maximum absolute atomic E-state index is 13.6. The lowest BCUT2D eigenvalue weighted by atomic mass is 9.89. The number of hydrogen-bond acceptors (Lipinski definition) is 17. The van der Waals surface area contributed by atoms with Crippen LogP contribution in [-0.2, 0) is 19.0 Å². The van der Waals surface area contributed by atoms with Crippen LogP contribution in [-0.4, -0.2) is 125 Å². The monoisotopic (exact) mass is 740 g/mol. The van der Waals surface area contributed by atoms with Crippen LogP contribution in [0.4, 0.5) is 0 Å². The number of rotatable bonds is 9. The van der Waals surface area contributed by atoms with Crippen molar-refractivity contribution in [2.45, 2.75) is 61.2 Å². The van der Waals surface area contributed by atoms with Crippen molar-refractivity contribution in [1.29, 1.82) is 0 Å². The first-order chi connectivity index (χ1) is 25.3. The highest BCUT2D eigenvalue weighted by atomic mass is 16.7. The molecule has 282 valence electrons. The summed E-state index contributed by atoms with van der Waals surface area (Å²) in [6.45, 7) is -1.70. The molecule has 3 aromatic carbocycles. The highest BCUT2D eigenvalue weighted by molar-refractivity contribution is 5.90. The molecule has 2 aliphatic heterocycles. The van der Waals surface area contributed by atoms with E-state index in [0.29, 0.717) is 5.56 Å². The lowest BCUT2D eigenvalue weighted by Crippen LogP contribution is -2.60. The first kappa shape index (κ1) is 37.7. The molecule has 10 atom stereocenters. The van der Waals surface area contributed by atoms with Gasteiger partial charge in [0, 0.05) is 23.8 Å². The predicted molar refractivity (Wildman–Crippen MR) is 179 cm³/mol. The van der Waals surface area contributed by atoms with Crippen LogP contribution in [0, 0.1) is 0 Å². The van der Waals surface area contributed by atoms with Crippen molar-refractivity contribution in [3.8, 4) is 34.3 Å². The molecule has 53 heavy (non-hydrogen) atoms. The second-order valence-corrected chi connectivity index (χ2v) is 12.4. The molecule has 17 heteroatoms. The van der Waals surface area contributed by atoms with E-state index in [0.717, 1.165) is 18.2 Å². The maximum atomic E-state index is 13.6. The van der Waals surface area contributed by atoms with Crippen LogP contribution in [0.5, 0.6) is 23.0 Å². The normalized spacial score (nSPS) is 29.0. The quantitative estimate of drug-likeness (QED) is 0.0767. The standard InChI is InChI=1S/C36H36O17/c37-13-23-29(45)31(47)35(53-25(43)10-3-15-1-6-17(39)7-2-15)34(50-23)27-22(51-36-32(48)30(46)28(44)24(14-38)52-36)12-20(42)26-19(41)11-21(49-33(26)27)16-4-8-18(40)9-5-16/h1-12,23-24,28-32,34-40,42,44-48H,13-14H2/b10-3+/t23-,24+,28+,29+,30-,31-,32-,34-,35-,36+/m0/s1. The molecule has 4 aromatic rings. The summed E-state index contributed by atoms with van der Waals surface area (Å²) in [6, 6.07) is 13.1. The van der Waals surface area contributed by atoms with Gasteiger partial charge >= 0.3 is 5.97 Å². The number of carbonyl (C=O) groups is 1. The van der Waals surface area contributed by atoms with Gasteiger partial charge < -0.3 is 74.4 Å². The van der Waals surface area contributed by atoms with Crippen LogP contribution >= 0.6 is 0 Å². The van der Waals surface area contributed by atoms with E-state index in [2.05, 4.69) is 0 Å². The van der Waals surface area contributed by atoms with Crippen LogP contribution in [0.15, 0.2) is 76.0 Å². The number of hydrogen-bond donors (Lipinski definition) is 10. The van der Waals surface area contributed by atoms with Gasteiger partial charge in [0.15, 0.2) is 17.1 Å². The zero-order valence-electron chi connectivity index (χ0n) is 27.4. The Hall–Kier alpha value is -5.08. The molecule has 0 saturated carbocycles. The summed E-state index contributed by atoms with van der Waals surface area (Å²) in [5, 5.41) is 104. The molecular formula is C36H36O17. The van der Waals surface area contributed by atoms with Crippen LogP contribution < -0.4 is 10.2 Å². The fourth-order valence-electron chi connectivity index (χ4n) is 6.11. The highest BCUT2D eigenvalue weighted by Gasteiger charge is 2.50. The molecule has 2 saturated heterocycles. The Morgan fingerprint density at radius 1 is 0.755 bits per heavy atom. The van der Waals surface area contributed by atoms with Gasteiger partial charge in [-0.3, -0.25) is 4.79 Å². The maximum Gasteiger partial charge on any atom is 0.331 e. The molecule has 2 aliphatic rings. The van der Waals surface area contributed by atoms with Gasteiger partial charge in [-0.2, -0.15) is 0 Å². The van der Waals surface area contributed by atoms with E-state index in [-0.39, 0.29) is 28.4 Å². The summed E-state index contributed by atoms with van der Waals surface area (Å²) in [5.41, 5.74) is -0.931. The lowest BCUT2D eigenvalue weighted by Gasteiger charge is -2.43. The number of benzene rings is 3. The fraction of sp³-hybridized carbons (Fsp3) is 0.333. The minimum Gasteiger partial charge on any atom is -0.508 e. The summed E-state index contributed by atoms with van der Waals surface area (Å²) >= 11 is 0. The number of aliphatic hydroxyl groups is 7. The first-order valence-corrected chi connectivity index (χ1v) is 16.2. The molecule has 0 aliphatic carbocycles. The van der Waals surface area contributed by atoms with Gasteiger partial charge in [-0.05, 0) is 48.0 Å². The third kappa shape index (κ3) is 7.56. The number of aliphatic hydroxyl groups excluding tert-OH is 7. The third-order valence-electron chi connectivity index (χ3n) is 8.93. The number of phenolic OH excluding ortho intramolecular Hbond substituents is 3.